The lowest BCUT2D eigenvalue weighted by atomic mass is 10.3. The highest BCUT2D eigenvalue weighted by Crippen LogP contribution is 2.30. The van der Waals surface area contributed by atoms with Crippen molar-refractivity contribution in [3.05, 3.63) is 17.3 Å². The van der Waals surface area contributed by atoms with Crippen LogP contribution in [0.1, 0.15) is 11.8 Å². The molecule has 0 spiro atoms. The number of aliphatic hydroxyl groups is 1. The zero-order valence-electron chi connectivity index (χ0n) is 8.43. The van der Waals surface area contributed by atoms with Crippen molar-refractivity contribution in [1.82, 2.24) is 9.97 Å². The molecule has 2 rings (SSSR count). The molecule has 0 saturated carbocycles. The van der Waals surface area contributed by atoms with Gasteiger partial charge in [0.05, 0.1) is 6.61 Å². The summed E-state index contributed by atoms with van der Waals surface area (Å²) in [6.07, 6.45) is 2.63. The molecule has 3 nitrogen and oxygen atoms in total. The van der Waals surface area contributed by atoms with E-state index in [1.165, 1.54) is 4.88 Å². The van der Waals surface area contributed by atoms with Crippen LogP contribution in [0, 0.1) is 0 Å². The van der Waals surface area contributed by atoms with Crippen molar-refractivity contribution in [2.75, 3.05) is 12.4 Å². The first-order valence-electron chi connectivity index (χ1n) is 4.82. The van der Waals surface area contributed by atoms with Crippen molar-refractivity contribution in [2.45, 2.75) is 18.4 Å². The van der Waals surface area contributed by atoms with Gasteiger partial charge in [0.15, 0.2) is 0 Å². The van der Waals surface area contributed by atoms with Crippen molar-refractivity contribution in [3.63, 3.8) is 0 Å². The summed E-state index contributed by atoms with van der Waals surface area (Å²) in [5, 5.41) is 10.9. The number of aryl methyl sites for hydroxylation is 1. The minimum absolute atomic E-state index is 0.181. The molecule has 80 valence electrons. The van der Waals surface area contributed by atoms with Gasteiger partial charge in [-0.05, 0) is 12.5 Å². The first-order valence-corrected chi connectivity index (χ1v) is 6.62. The predicted octanol–water partition coefficient (Wildman–Crippen LogP) is 2.34. The maximum atomic E-state index is 8.79. The molecule has 0 aromatic carbocycles. The Balaban J connectivity index is 2.40. The Hall–Kier alpha value is -0.650. The highest BCUT2D eigenvalue weighted by Gasteiger charge is 2.07. The second-order valence-corrected chi connectivity index (χ2v) is 5.23. The third-order valence-electron chi connectivity index (χ3n) is 2.02. The first kappa shape index (κ1) is 10.9. The van der Waals surface area contributed by atoms with E-state index in [2.05, 4.69) is 23.0 Å². The number of fused-ring (bicyclic) bond motifs is 1. The zero-order chi connectivity index (χ0) is 10.7. The number of thiophene rings is 1. The van der Waals surface area contributed by atoms with E-state index in [0.717, 1.165) is 21.7 Å². The number of aromatic nitrogens is 2. The van der Waals surface area contributed by atoms with Crippen LogP contribution in [0.4, 0.5) is 0 Å². The van der Waals surface area contributed by atoms with Gasteiger partial charge in [-0.25, -0.2) is 9.97 Å². The van der Waals surface area contributed by atoms with Crippen LogP contribution in [0.5, 0.6) is 0 Å². The van der Waals surface area contributed by atoms with Crippen LogP contribution in [0.15, 0.2) is 17.4 Å². The lowest BCUT2D eigenvalue weighted by Gasteiger charge is -1.98. The van der Waals surface area contributed by atoms with Gasteiger partial charge in [-0.1, -0.05) is 6.92 Å². The second-order valence-electron chi connectivity index (χ2n) is 3.04. The van der Waals surface area contributed by atoms with Gasteiger partial charge in [0.25, 0.3) is 0 Å². The monoisotopic (exact) mass is 240 g/mol. The number of aliphatic hydroxyl groups excluding tert-OH is 1. The van der Waals surface area contributed by atoms with E-state index in [9.17, 15) is 0 Å². The quantitative estimate of drug-likeness (QED) is 0.658. The van der Waals surface area contributed by atoms with E-state index in [1.54, 1.807) is 29.4 Å². The fourth-order valence-electron chi connectivity index (χ4n) is 1.32. The lowest BCUT2D eigenvalue weighted by Crippen LogP contribution is -1.88. The molecule has 2 heterocycles. The van der Waals surface area contributed by atoms with Crippen LogP contribution in [-0.4, -0.2) is 27.4 Å². The number of hydrogen-bond acceptors (Lipinski definition) is 5. The van der Waals surface area contributed by atoms with Gasteiger partial charge >= 0.3 is 0 Å². The summed E-state index contributed by atoms with van der Waals surface area (Å²) < 4.78 is 0. The fourth-order valence-corrected chi connectivity index (χ4v) is 3.03. The Morgan fingerprint density at radius 2 is 2.33 bits per heavy atom. The average Bonchev–Trinajstić information content (AvgIpc) is 2.69. The Morgan fingerprint density at radius 3 is 3.07 bits per heavy atom. The lowest BCUT2D eigenvalue weighted by molar-refractivity contribution is 0.322. The molecular formula is C10H12N2OS2. The average molecular weight is 240 g/mol. The molecule has 0 aliphatic heterocycles. The first-order chi connectivity index (χ1) is 7.35. The Labute approximate surface area is 96.6 Å². The third-order valence-corrected chi connectivity index (χ3v) is 4.20. The number of hydrogen-bond donors (Lipinski definition) is 1. The fraction of sp³-hybridized carbons (Fsp3) is 0.400. The highest BCUT2D eigenvalue weighted by molar-refractivity contribution is 7.99. The van der Waals surface area contributed by atoms with Crippen LogP contribution < -0.4 is 0 Å². The van der Waals surface area contributed by atoms with E-state index >= 15 is 0 Å². The molecule has 0 radical (unpaired) electrons. The molecule has 0 unspecified atom stereocenters. The van der Waals surface area contributed by atoms with Gasteiger partial charge in [-0.3, -0.25) is 0 Å². The molecule has 2 aromatic heterocycles. The molecule has 0 bridgehead atoms. The highest BCUT2D eigenvalue weighted by atomic mass is 32.2. The van der Waals surface area contributed by atoms with Gasteiger partial charge < -0.3 is 5.11 Å². The maximum absolute atomic E-state index is 8.79. The van der Waals surface area contributed by atoms with Gasteiger partial charge in [-0.2, -0.15) is 0 Å². The van der Waals surface area contributed by atoms with Crippen LogP contribution in [0.25, 0.3) is 10.2 Å². The van der Waals surface area contributed by atoms with E-state index in [-0.39, 0.29) is 6.61 Å². The van der Waals surface area contributed by atoms with E-state index in [1.807, 2.05) is 0 Å². The molecule has 0 saturated heterocycles. The van der Waals surface area contributed by atoms with Crippen LogP contribution in [0.2, 0.25) is 0 Å². The smallest absolute Gasteiger partial charge is 0.128 e. The Bertz CT molecular complexity index is 456. The molecule has 0 atom stereocenters. The largest absolute Gasteiger partial charge is 0.396 e. The summed E-state index contributed by atoms with van der Waals surface area (Å²) >= 11 is 3.30. The van der Waals surface area contributed by atoms with Crippen LogP contribution in [-0.2, 0) is 6.42 Å². The summed E-state index contributed by atoms with van der Waals surface area (Å²) in [6.45, 7) is 2.32. The summed E-state index contributed by atoms with van der Waals surface area (Å²) in [4.78, 5) is 10.9. The summed E-state index contributed by atoms with van der Waals surface area (Å²) in [5.41, 5.74) is 0. The van der Waals surface area contributed by atoms with Gasteiger partial charge in [0.2, 0.25) is 0 Å². The van der Waals surface area contributed by atoms with Crippen LogP contribution >= 0.6 is 23.1 Å². The minimum atomic E-state index is 0.181. The van der Waals surface area contributed by atoms with Gasteiger partial charge in [-0.15, -0.1) is 23.1 Å². The zero-order valence-corrected chi connectivity index (χ0v) is 10.1. The SMILES string of the molecule is CCc1cc2c(SCCO)ncnc2s1. The van der Waals surface area contributed by atoms with Gasteiger partial charge in [0, 0.05) is 16.0 Å². The summed E-state index contributed by atoms with van der Waals surface area (Å²) in [5.74, 6) is 0.684. The van der Waals surface area contributed by atoms with Crippen molar-refractivity contribution < 1.29 is 5.11 Å². The number of thioether (sulfide) groups is 1. The Kier molecular flexibility index (Phi) is 3.56. The summed E-state index contributed by atoms with van der Waals surface area (Å²) in [6, 6.07) is 2.15. The third kappa shape index (κ3) is 2.30. The van der Waals surface area contributed by atoms with E-state index < -0.39 is 0 Å². The molecule has 2 aromatic rings. The molecular weight excluding hydrogens is 228 g/mol. The van der Waals surface area contributed by atoms with Crippen molar-refractivity contribution >= 4 is 33.3 Å². The molecule has 0 fully saturated rings. The standard InChI is InChI=1S/C10H12N2OS2/c1-2-7-5-8-9(14-4-3-13)11-6-12-10(8)15-7/h5-6,13H,2-4H2,1H3. The minimum Gasteiger partial charge on any atom is -0.396 e. The van der Waals surface area contributed by atoms with Crippen LogP contribution in [0.3, 0.4) is 0 Å². The topological polar surface area (TPSA) is 46.0 Å². The number of nitrogens with zero attached hydrogens (tertiary/aromatic N) is 2. The van der Waals surface area contributed by atoms with E-state index in [0.29, 0.717) is 5.75 Å². The predicted molar refractivity (Wildman–Crippen MR) is 64.6 cm³/mol. The van der Waals surface area contributed by atoms with Crippen molar-refractivity contribution in [1.29, 1.82) is 0 Å². The second kappa shape index (κ2) is 4.92. The number of rotatable bonds is 4. The van der Waals surface area contributed by atoms with Gasteiger partial charge in [0.1, 0.15) is 16.2 Å². The van der Waals surface area contributed by atoms with Crippen molar-refractivity contribution in [2.24, 2.45) is 0 Å². The molecule has 0 aliphatic rings. The van der Waals surface area contributed by atoms with Crippen molar-refractivity contribution in [3.8, 4) is 0 Å². The van der Waals surface area contributed by atoms with E-state index in [4.69, 9.17) is 5.11 Å². The molecule has 15 heavy (non-hydrogen) atoms. The molecule has 5 heteroatoms. The molecule has 0 aliphatic carbocycles. The normalized spacial score (nSPS) is 11.1. The maximum Gasteiger partial charge on any atom is 0.128 e. The molecule has 0 amide bonds. The Morgan fingerprint density at radius 1 is 1.47 bits per heavy atom. The summed E-state index contributed by atoms with van der Waals surface area (Å²) in [7, 11) is 0. The molecule has 1 N–H and O–H groups in total.